The molecule has 0 amide bonds. The fraction of sp³-hybridized carbons (Fsp3) is 0.231. The first-order valence-electron chi connectivity index (χ1n) is 5.80. The number of aromatic nitrogens is 2. The molecule has 0 aliphatic rings. The van der Waals surface area contributed by atoms with Gasteiger partial charge >= 0.3 is 0 Å². The van der Waals surface area contributed by atoms with Crippen molar-refractivity contribution in [3.05, 3.63) is 47.0 Å². The molecule has 0 saturated heterocycles. The highest BCUT2D eigenvalue weighted by atomic mass is 35.5. The Hall–Kier alpha value is -1.81. The van der Waals surface area contributed by atoms with E-state index in [1.807, 2.05) is 16.8 Å². The average molecular weight is 263 g/mol. The van der Waals surface area contributed by atoms with Crippen molar-refractivity contribution in [2.24, 2.45) is 5.73 Å². The summed E-state index contributed by atoms with van der Waals surface area (Å²) in [6.07, 6.45) is 5.52. The van der Waals surface area contributed by atoms with Crippen molar-refractivity contribution in [3.8, 4) is 5.69 Å². The first-order chi connectivity index (χ1) is 8.63. The molecule has 2 rings (SSSR count). The molecular formula is C13H15ClN4. The number of nitrogens with one attached hydrogen (secondary N) is 1. The second-order valence-corrected chi connectivity index (χ2v) is 4.48. The van der Waals surface area contributed by atoms with Crippen LogP contribution in [0.1, 0.15) is 24.7 Å². The maximum absolute atomic E-state index is 7.63. The van der Waals surface area contributed by atoms with E-state index >= 15 is 0 Å². The van der Waals surface area contributed by atoms with Gasteiger partial charge in [0.05, 0.1) is 5.69 Å². The minimum atomic E-state index is 0.00338. The van der Waals surface area contributed by atoms with Crippen LogP contribution in [-0.4, -0.2) is 15.4 Å². The number of nitrogens with two attached hydrogens (primary N) is 1. The predicted molar refractivity (Wildman–Crippen MR) is 73.6 cm³/mol. The van der Waals surface area contributed by atoms with E-state index in [-0.39, 0.29) is 5.84 Å². The maximum atomic E-state index is 7.63. The Balaban J connectivity index is 2.56. The topological polar surface area (TPSA) is 67.7 Å². The standard InChI is InChI=1S/C13H15ClN4/c1-2-3-12-17-6-7-18(12)11-5-4-9(14)8-10(11)13(15)16/h4-8H,2-3H2,1H3,(H3,15,16). The molecule has 94 valence electrons. The van der Waals surface area contributed by atoms with E-state index in [1.165, 1.54) is 0 Å². The third-order valence-corrected chi connectivity index (χ3v) is 2.93. The summed E-state index contributed by atoms with van der Waals surface area (Å²) in [6, 6.07) is 5.36. The molecule has 0 aliphatic carbocycles. The molecule has 0 bridgehead atoms. The van der Waals surface area contributed by atoms with Crippen molar-refractivity contribution < 1.29 is 0 Å². The summed E-state index contributed by atoms with van der Waals surface area (Å²) in [4.78, 5) is 4.32. The van der Waals surface area contributed by atoms with Gasteiger partial charge in [-0.2, -0.15) is 0 Å². The highest BCUT2D eigenvalue weighted by Crippen LogP contribution is 2.21. The van der Waals surface area contributed by atoms with Crippen LogP contribution in [-0.2, 0) is 6.42 Å². The lowest BCUT2D eigenvalue weighted by molar-refractivity contribution is 0.808. The summed E-state index contributed by atoms with van der Waals surface area (Å²) >= 11 is 5.95. The van der Waals surface area contributed by atoms with Gasteiger partial charge in [0, 0.05) is 29.4 Å². The Morgan fingerprint density at radius 1 is 1.50 bits per heavy atom. The number of nitrogen functional groups attached to an aromatic ring is 1. The quantitative estimate of drug-likeness (QED) is 0.657. The summed E-state index contributed by atoms with van der Waals surface area (Å²) in [7, 11) is 0. The largest absolute Gasteiger partial charge is 0.384 e. The van der Waals surface area contributed by atoms with E-state index in [1.54, 1.807) is 18.3 Å². The fourth-order valence-corrected chi connectivity index (χ4v) is 2.07. The molecule has 0 fully saturated rings. The number of benzene rings is 1. The van der Waals surface area contributed by atoms with Crippen LogP contribution in [0.5, 0.6) is 0 Å². The number of hydrogen-bond acceptors (Lipinski definition) is 2. The maximum Gasteiger partial charge on any atom is 0.124 e. The lowest BCUT2D eigenvalue weighted by Crippen LogP contribution is -2.15. The average Bonchev–Trinajstić information content (AvgIpc) is 2.77. The highest BCUT2D eigenvalue weighted by molar-refractivity contribution is 6.31. The van der Waals surface area contributed by atoms with E-state index < -0.39 is 0 Å². The third kappa shape index (κ3) is 2.38. The van der Waals surface area contributed by atoms with Crippen LogP contribution in [0.2, 0.25) is 5.02 Å². The van der Waals surface area contributed by atoms with Crippen molar-refractivity contribution in [3.63, 3.8) is 0 Å². The van der Waals surface area contributed by atoms with Crippen LogP contribution in [0.4, 0.5) is 0 Å². The summed E-state index contributed by atoms with van der Waals surface area (Å²) < 4.78 is 1.95. The molecule has 1 aromatic carbocycles. The van der Waals surface area contributed by atoms with Crippen molar-refractivity contribution in [2.75, 3.05) is 0 Å². The number of imidazole rings is 1. The normalized spacial score (nSPS) is 10.6. The number of rotatable bonds is 4. The molecule has 18 heavy (non-hydrogen) atoms. The molecule has 4 nitrogen and oxygen atoms in total. The zero-order valence-corrected chi connectivity index (χ0v) is 10.9. The number of halogens is 1. The molecule has 0 saturated carbocycles. The van der Waals surface area contributed by atoms with E-state index in [2.05, 4.69) is 11.9 Å². The van der Waals surface area contributed by atoms with Gasteiger partial charge in [0.2, 0.25) is 0 Å². The third-order valence-electron chi connectivity index (χ3n) is 2.70. The molecule has 0 radical (unpaired) electrons. The van der Waals surface area contributed by atoms with Crippen molar-refractivity contribution in [1.29, 1.82) is 5.41 Å². The van der Waals surface area contributed by atoms with Crippen LogP contribution in [0.3, 0.4) is 0 Å². The van der Waals surface area contributed by atoms with Crippen LogP contribution in [0.15, 0.2) is 30.6 Å². The second kappa shape index (κ2) is 5.23. The molecule has 3 N–H and O–H groups in total. The lowest BCUT2D eigenvalue weighted by Gasteiger charge is -2.12. The van der Waals surface area contributed by atoms with Gasteiger partial charge in [-0.15, -0.1) is 0 Å². The van der Waals surface area contributed by atoms with Gasteiger partial charge in [-0.25, -0.2) is 4.98 Å². The van der Waals surface area contributed by atoms with Crippen LogP contribution in [0.25, 0.3) is 5.69 Å². The molecule has 5 heteroatoms. The Kier molecular flexibility index (Phi) is 3.67. The molecule has 1 aromatic heterocycles. The summed E-state index contributed by atoms with van der Waals surface area (Å²) in [5.74, 6) is 0.964. The van der Waals surface area contributed by atoms with Gasteiger partial charge in [-0.3, -0.25) is 5.41 Å². The smallest absolute Gasteiger partial charge is 0.124 e. The van der Waals surface area contributed by atoms with Gasteiger partial charge in [-0.1, -0.05) is 18.5 Å². The van der Waals surface area contributed by atoms with Gasteiger partial charge in [0.1, 0.15) is 11.7 Å². The zero-order chi connectivity index (χ0) is 13.1. The first kappa shape index (κ1) is 12.6. The SMILES string of the molecule is CCCc1nccn1-c1ccc(Cl)cc1C(=N)N. The summed E-state index contributed by atoms with van der Waals surface area (Å²) in [6.45, 7) is 2.10. The minimum Gasteiger partial charge on any atom is -0.384 e. The van der Waals surface area contributed by atoms with Gasteiger partial charge in [0.15, 0.2) is 0 Å². The van der Waals surface area contributed by atoms with Crippen LogP contribution in [0, 0.1) is 5.41 Å². The van der Waals surface area contributed by atoms with Crippen molar-refractivity contribution in [2.45, 2.75) is 19.8 Å². The lowest BCUT2D eigenvalue weighted by atomic mass is 10.1. The summed E-state index contributed by atoms with van der Waals surface area (Å²) in [5, 5.41) is 8.20. The monoisotopic (exact) mass is 262 g/mol. The van der Waals surface area contributed by atoms with E-state index in [9.17, 15) is 0 Å². The molecule has 0 unspecified atom stereocenters. The molecule has 0 spiro atoms. The summed E-state index contributed by atoms with van der Waals surface area (Å²) in [5.41, 5.74) is 7.07. The van der Waals surface area contributed by atoms with Crippen LogP contribution >= 0.6 is 11.6 Å². The van der Waals surface area contributed by atoms with Gasteiger partial charge < -0.3 is 10.3 Å². The molecule has 0 aliphatic heterocycles. The molecule has 2 aromatic rings. The zero-order valence-electron chi connectivity index (χ0n) is 10.2. The Morgan fingerprint density at radius 2 is 2.28 bits per heavy atom. The molecule has 0 atom stereocenters. The van der Waals surface area contributed by atoms with E-state index in [0.717, 1.165) is 24.4 Å². The number of nitrogens with zero attached hydrogens (tertiary/aromatic N) is 2. The van der Waals surface area contributed by atoms with Crippen LogP contribution < -0.4 is 5.73 Å². The second-order valence-electron chi connectivity index (χ2n) is 4.04. The molecular weight excluding hydrogens is 248 g/mol. The highest BCUT2D eigenvalue weighted by Gasteiger charge is 2.11. The molecule has 1 heterocycles. The Bertz CT molecular complexity index is 574. The van der Waals surface area contributed by atoms with Gasteiger partial charge in [0.25, 0.3) is 0 Å². The van der Waals surface area contributed by atoms with Crippen molar-refractivity contribution >= 4 is 17.4 Å². The fourth-order valence-electron chi connectivity index (χ4n) is 1.90. The van der Waals surface area contributed by atoms with E-state index in [0.29, 0.717) is 10.6 Å². The van der Waals surface area contributed by atoms with Crippen molar-refractivity contribution in [1.82, 2.24) is 9.55 Å². The number of hydrogen-bond donors (Lipinski definition) is 2. The number of aryl methyl sites for hydroxylation is 1. The Morgan fingerprint density at radius 3 is 2.94 bits per heavy atom. The predicted octanol–water partition coefficient (Wildman–Crippen LogP) is 2.76. The van der Waals surface area contributed by atoms with Gasteiger partial charge in [-0.05, 0) is 24.6 Å². The number of amidine groups is 1. The Labute approximate surface area is 111 Å². The first-order valence-corrected chi connectivity index (χ1v) is 6.17. The van der Waals surface area contributed by atoms with E-state index in [4.69, 9.17) is 22.7 Å². The minimum absolute atomic E-state index is 0.00338.